The van der Waals surface area contributed by atoms with Gasteiger partial charge >= 0.3 is 0 Å². The molecule has 8 atom stereocenters. The molecule has 5 heterocycles. The first-order valence-electron chi connectivity index (χ1n) is 28.7. The van der Waals surface area contributed by atoms with Crippen molar-refractivity contribution >= 4 is 88.3 Å². The van der Waals surface area contributed by atoms with Crippen molar-refractivity contribution in [3.63, 3.8) is 0 Å². The second-order valence-corrected chi connectivity index (χ2v) is 26.1. The zero-order valence-corrected chi connectivity index (χ0v) is 52.6. The Labute approximate surface area is 514 Å². The van der Waals surface area contributed by atoms with Gasteiger partial charge in [-0.25, -0.2) is 4.98 Å². The number of aromatic nitrogens is 2. The molecule has 2 aromatic heterocycles. The number of primary amides is 1. The van der Waals surface area contributed by atoms with Gasteiger partial charge in [-0.1, -0.05) is 81.6 Å². The Morgan fingerprint density at radius 3 is 2.31 bits per heavy atom. The molecule has 27 heteroatoms. The summed E-state index contributed by atoms with van der Waals surface area (Å²) in [5.74, 6) is -3.09. The standard InChI is InChI=1S/C60H75ClN9O13PS.2H3N/c1-33(35-17-19-37(20-18-35)52-34(2)63-32-85-52)64-56(76)47-29-42(71)30-69(47)58(78)53(60(3,4)5)68-50(73)16-9-6-11-36-12-10-15-48(51(36)61)83-31-40(22-26-49(62)72)65-55(75)46-25-23-41-13-7-8-14-44(57(77)70(41)46)67-54(74)45-28-39-27-38(21-24-43(39)66-45)59(79)84(80,81)82;;/h10,12,15,17-21,24,27-28,32-33,40-42,44,46-47,53,66,71H,6-9,11,13-14,16,22-23,25-26,29-31H2,1-5H3,(H2,62,72)(H,64,76)(H,65,75)(H,67,74)(H,68,73)(H2,80,81,82);2*1H3/t33-,40-,41-,42+,44-,46-,47-,53+;;/m0../s1. The van der Waals surface area contributed by atoms with Gasteiger partial charge in [0.1, 0.15) is 42.2 Å². The van der Waals surface area contributed by atoms with Crippen molar-refractivity contribution in [3.8, 4) is 16.2 Å². The van der Waals surface area contributed by atoms with E-state index in [0.29, 0.717) is 66.6 Å². The fourth-order valence-corrected chi connectivity index (χ4v) is 13.0. The number of aromatic amines is 1. The third kappa shape index (κ3) is 17.2. The number of β-amino-alcohol motifs (C(OH)–C–C–N with tert-alkyl or cyclic N) is 1. The first-order valence-corrected chi connectivity index (χ1v) is 31.5. The van der Waals surface area contributed by atoms with Gasteiger partial charge < -0.3 is 78.3 Å². The van der Waals surface area contributed by atoms with Crippen LogP contribution in [0, 0.1) is 12.3 Å². The summed E-state index contributed by atoms with van der Waals surface area (Å²) < 4.78 is 17.6. The van der Waals surface area contributed by atoms with Crippen LogP contribution < -0.4 is 53.8 Å². The van der Waals surface area contributed by atoms with E-state index in [1.807, 2.05) is 65.0 Å². The highest BCUT2D eigenvalue weighted by Gasteiger charge is 2.46. The molecule has 0 unspecified atom stereocenters. The van der Waals surface area contributed by atoms with Gasteiger partial charge in [-0.2, -0.15) is 0 Å². The number of aliphatic hydroxyl groups excluding tert-OH is 1. The van der Waals surface area contributed by atoms with Crippen LogP contribution in [0.1, 0.15) is 148 Å². The SMILES string of the molecule is Cc1ncsc1-c1ccc([C@H](C)NC(=O)[C@@H]2C[C@@H](O)CN2C(=O)[C@@H](NC(=O)CCCCc2cccc(OC[C@H](CCC(N)=O)NC(=O)[C@@H]3CC[C@@H]4CCCC[C@H](NC(=O)c5cc6cc(C(=O)P(=O)([O-])[O-])ccc6[nH]5)C(=O)N43)c2Cl)C(C)(C)C)cc1.[NH4+].[NH4+]. The molecule has 0 bridgehead atoms. The Morgan fingerprint density at radius 2 is 1.63 bits per heavy atom. The van der Waals surface area contributed by atoms with E-state index in [2.05, 4.69) is 31.2 Å². The number of hydrogen-bond acceptors (Lipinski definition) is 15. The molecule has 3 aliphatic heterocycles. The molecule has 3 saturated heterocycles. The molecule has 16 N–H and O–H groups in total. The molecule has 0 spiro atoms. The van der Waals surface area contributed by atoms with Crippen molar-refractivity contribution in [1.29, 1.82) is 0 Å². The fourth-order valence-electron chi connectivity index (χ4n) is 11.4. The van der Waals surface area contributed by atoms with Crippen LogP contribution in [0.4, 0.5) is 0 Å². The maximum atomic E-state index is 14.4. The Morgan fingerprint density at radius 1 is 0.920 bits per heavy atom. The Kier molecular flexibility index (Phi) is 23.6. The number of hydrogen-bond donors (Lipinski definition) is 9. The predicted octanol–water partition coefficient (Wildman–Crippen LogP) is 6.00. The van der Waals surface area contributed by atoms with E-state index < -0.39 is 96.3 Å². The normalized spacial score (nSPS) is 19.7. The summed E-state index contributed by atoms with van der Waals surface area (Å²) in [5.41, 5.74) is 8.61. The van der Waals surface area contributed by atoms with Gasteiger partial charge in [0.15, 0.2) is 5.52 Å². The van der Waals surface area contributed by atoms with Gasteiger partial charge in [0.2, 0.25) is 35.4 Å². The molecular weight excluding hydrogens is 1180 g/mol. The predicted molar refractivity (Wildman–Crippen MR) is 327 cm³/mol. The molecule has 0 radical (unpaired) electrons. The zero-order valence-electron chi connectivity index (χ0n) is 50.2. The van der Waals surface area contributed by atoms with E-state index in [1.165, 1.54) is 28.0 Å². The number of rotatable bonds is 23. The molecular formula is C60H81ClN11O13PS. The van der Waals surface area contributed by atoms with Crippen molar-refractivity contribution in [2.75, 3.05) is 13.2 Å². The van der Waals surface area contributed by atoms with E-state index in [4.69, 9.17) is 22.1 Å². The number of nitrogens with two attached hydrogens (primary N) is 1. The van der Waals surface area contributed by atoms with E-state index in [0.717, 1.165) is 39.7 Å². The van der Waals surface area contributed by atoms with Gasteiger partial charge in [0.25, 0.3) is 5.91 Å². The van der Waals surface area contributed by atoms with Gasteiger partial charge in [-0.3, -0.25) is 38.4 Å². The number of unbranched alkanes of at least 4 members (excludes halogenated alkanes) is 1. The van der Waals surface area contributed by atoms with Gasteiger partial charge in [-0.15, -0.1) is 11.3 Å². The van der Waals surface area contributed by atoms with Crippen LogP contribution in [0.2, 0.25) is 5.02 Å². The summed E-state index contributed by atoms with van der Waals surface area (Å²) in [6.45, 7) is 9.11. The highest BCUT2D eigenvalue weighted by atomic mass is 35.5. The summed E-state index contributed by atoms with van der Waals surface area (Å²) in [4.78, 5) is 142. The molecule has 8 rings (SSSR count). The lowest BCUT2D eigenvalue weighted by Crippen LogP contribution is -2.57. The summed E-state index contributed by atoms with van der Waals surface area (Å²) in [6.07, 6.45) is 3.83. The van der Waals surface area contributed by atoms with Crippen molar-refractivity contribution in [2.45, 2.75) is 166 Å². The number of amides is 7. The van der Waals surface area contributed by atoms with E-state index in [-0.39, 0.29) is 80.8 Å². The largest absolute Gasteiger partial charge is 0.805 e. The molecule has 0 saturated carbocycles. The van der Waals surface area contributed by atoms with Crippen molar-refractivity contribution < 1.29 is 62.6 Å². The Balaban J connectivity index is 0.00000605. The number of aliphatic hydroxyl groups is 1. The van der Waals surface area contributed by atoms with Crippen LogP contribution in [0.15, 0.2) is 72.2 Å². The molecule has 3 aliphatic rings. The summed E-state index contributed by atoms with van der Waals surface area (Å²) in [7, 11) is -5.55. The number of nitrogens with zero attached hydrogens (tertiary/aromatic N) is 3. The lowest BCUT2D eigenvalue weighted by atomic mass is 9.85. The third-order valence-corrected chi connectivity index (χ3v) is 18.2. The van der Waals surface area contributed by atoms with Gasteiger partial charge in [-0.05, 0) is 118 Å². The molecule has 472 valence electrons. The number of halogens is 1. The zero-order chi connectivity index (χ0) is 61.5. The minimum absolute atomic E-state index is 0. The average Bonchev–Trinajstić information content (AvgIpc) is 2.41. The second kappa shape index (κ2) is 29.7. The summed E-state index contributed by atoms with van der Waals surface area (Å²) in [6, 6.07) is 12.9. The van der Waals surface area contributed by atoms with Crippen LogP contribution >= 0.6 is 30.5 Å². The Hall–Kier alpha value is -7.09. The van der Waals surface area contributed by atoms with E-state index >= 15 is 0 Å². The molecule has 5 aromatic rings. The second-order valence-electron chi connectivity index (χ2n) is 23.4. The van der Waals surface area contributed by atoms with Crippen LogP contribution in [-0.4, -0.2) is 127 Å². The van der Waals surface area contributed by atoms with Crippen LogP contribution in [0.5, 0.6) is 5.75 Å². The highest BCUT2D eigenvalue weighted by molar-refractivity contribution is 7.68. The maximum Gasteiger partial charge on any atom is 0.268 e. The minimum Gasteiger partial charge on any atom is -0.805 e. The summed E-state index contributed by atoms with van der Waals surface area (Å²) >= 11 is 8.46. The van der Waals surface area contributed by atoms with E-state index in [1.54, 1.807) is 29.0 Å². The van der Waals surface area contributed by atoms with Crippen molar-refractivity contribution in [2.24, 2.45) is 11.1 Å². The third-order valence-electron chi connectivity index (χ3n) is 16.0. The summed E-state index contributed by atoms with van der Waals surface area (Å²) in [5, 5.41) is 23.1. The first kappa shape index (κ1) is 69.0. The van der Waals surface area contributed by atoms with E-state index in [9.17, 15) is 57.8 Å². The topological polar surface area (TPSA) is 412 Å². The molecule has 7 amide bonds. The number of quaternary nitrogens is 2. The lowest BCUT2D eigenvalue weighted by molar-refractivity contribution is -0.307. The number of aryl methyl sites for hydroxylation is 2. The number of H-pyrrole nitrogens is 1. The fraction of sp³-hybridized carbons (Fsp3) is 0.483. The molecule has 24 nitrogen and oxygen atoms in total. The maximum absolute atomic E-state index is 14.4. The average molecular weight is 1260 g/mol. The first-order chi connectivity index (χ1) is 40.3. The van der Waals surface area contributed by atoms with Crippen LogP contribution in [0.3, 0.4) is 0 Å². The quantitative estimate of drug-likeness (QED) is 0.0267. The van der Waals surface area contributed by atoms with Crippen molar-refractivity contribution in [3.05, 3.63) is 105 Å². The number of thiazole rings is 1. The smallest absolute Gasteiger partial charge is 0.268 e. The number of nitrogens with one attached hydrogen (secondary N) is 5. The molecule has 87 heavy (non-hydrogen) atoms. The molecule has 0 aliphatic carbocycles. The molecule has 3 fully saturated rings. The number of carbonyl (C=O) groups excluding carboxylic acids is 8. The molecule has 3 aromatic carbocycles. The van der Waals surface area contributed by atoms with Crippen molar-refractivity contribution in [1.82, 2.24) is 53.3 Å². The number of benzene rings is 3. The number of fused-ring (bicyclic) bond motifs is 2. The number of carbonyl (C=O) groups is 8. The minimum atomic E-state index is -5.55. The van der Waals surface area contributed by atoms with Crippen LogP contribution in [-0.2, 0) is 39.8 Å². The van der Waals surface area contributed by atoms with Crippen LogP contribution in [0.25, 0.3) is 21.3 Å². The number of ether oxygens (including phenoxy) is 1. The lowest BCUT2D eigenvalue weighted by Gasteiger charge is -2.35. The highest BCUT2D eigenvalue weighted by Crippen LogP contribution is 2.35. The van der Waals surface area contributed by atoms with Gasteiger partial charge in [0, 0.05) is 55.9 Å². The Bertz CT molecular complexity index is 3370. The van der Waals surface area contributed by atoms with Gasteiger partial charge in [0.05, 0.1) is 39.3 Å². The monoisotopic (exact) mass is 1260 g/mol. The number of likely N-dealkylation sites (tertiary alicyclic amines) is 1.